The molecule has 1 aromatic carbocycles. The van der Waals surface area contributed by atoms with Gasteiger partial charge in [0.15, 0.2) is 5.11 Å². The molecule has 0 spiro atoms. The number of fused-ring (bicyclic) bond motifs is 1. The van der Waals surface area contributed by atoms with Crippen molar-refractivity contribution >= 4 is 28.2 Å². The summed E-state index contributed by atoms with van der Waals surface area (Å²) in [6.45, 7) is 10.4. The van der Waals surface area contributed by atoms with Crippen molar-refractivity contribution in [3.63, 3.8) is 0 Å². The summed E-state index contributed by atoms with van der Waals surface area (Å²) in [5.74, 6) is 0.802. The molecule has 0 unspecified atom stereocenters. The molecule has 7 nitrogen and oxygen atoms in total. The molecule has 0 saturated carbocycles. The van der Waals surface area contributed by atoms with Gasteiger partial charge in [0.2, 0.25) is 0 Å². The van der Waals surface area contributed by atoms with Crippen LogP contribution < -0.4 is 10.9 Å². The number of benzene rings is 1. The number of pyridine rings is 1. The molecular formula is C25H32N4O3S. The van der Waals surface area contributed by atoms with E-state index in [2.05, 4.69) is 28.2 Å². The fraction of sp³-hybridized carbons (Fsp3) is 0.440. The molecule has 1 fully saturated rings. The Morgan fingerprint density at radius 2 is 2.03 bits per heavy atom. The zero-order chi connectivity index (χ0) is 23.2. The van der Waals surface area contributed by atoms with Crippen LogP contribution in [0.15, 0.2) is 45.8 Å². The third kappa shape index (κ3) is 6.22. The van der Waals surface area contributed by atoms with Crippen LogP contribution in [-0.4, -0.2) is 59.3 Å². The molecule has 0 amide bonds. The van der Waals surface area contributed by atoms with E-state index in [1.807, 2.05) is 36.1 Å². The second-order valence-corrected chi connectivity index (χ2v) is 9.03. The first-order valence-corrected chi connectivity index (χ1v) is 11.9. The van der Waals surface area contributed by atoms with Crippen LogP contribution in [0.5, 0.6) is 0 Å². The van der Waals surface area contributed by atoms with E-state index in [0.717, 1.165) is 73.6 Å². The van der Waals surface area contributed by atoms with Gasteiger partial charge in [-0.05, 0) is 74.4 Å². The van der Waals surface area contributed by atoms with Gasteiger partial charge in [0.1, 0.15) is 5.76 Å². The summed E-state index contributed by atoms with van der Waals surface area (Å²) < 4.78 is 11.0. The SMILES string of the molecule is Cc1cc(C)c2cc(CN(Cc3ccco3)C(=S)NCCCN3CCOCC3)c(=O)[nH]c2c1. The van der Waals surface area contributed by atoms with Crippen molar-refractivity contribution < 1.29 is 9.15 Å². The first-order valence-electron chi connectivity index (χ1n) is 11.5. The fourth-order valence-corrected chi connectivity index (χ4v) is 4.50. The maximum absolute atomic E-state index is 12.9. The average molecular weight is 469 g/mol. The molecule has 33 heavy (non-hydrogen) atoms. The maximum atomic E-state index is 12.9. The van der Waals surface area contributed by atoms with E-state index < -0.39 is 0 Å². The molecule has 3 aromatic rings. The number of aromatic amines is 1. The van der Waals surface area contributed by atoms with Crippen molar-refractivity contribution in [2.75, 3.05) is 39.4 Å². The topological polar surface area (TPSA) is 73.7 Å². The minimum atomic E-state index is -0.0907. The van der Waals surface area contributed by atoms with Crippen LogP contribution in [-0.2, 0) is 17.8 Å². The summed E-state index contributed by atoms with van der Waals surface area (Å²) in [4.78, 5) is 20.3. The lowest BCUT2D eigenvalue weighted by molar-refractivity contribution is 0.0376. The Morgan fingerprint density at radius 1 is 1.21 bits per heavy atom. The van der Waals surface area contributed by atoms with E-state index in [1.165, 1.54) is 0 Å². The molecule has 0 aliphatic carbocycles. The van der Waals surface area contributed by atoms with Gasteiger partial charge in [-0.15, -0.1) is 0 Å². The van der Waals surface area contributed by atoms with Crippen LogP contribution >= 0.6 is 12.2 Å². The quantitative estimate of drug-likeness (QED) is 0.388. The van der Waals surface area contributed by atoms with Gasteiger partial charge in [-0.25, -0.2) is 0 Å². The van der Waals surface area contributed by atoms with Gasteiger partial charge in [0.05, 0.1) is 32.6 Å². The maximum Gasteiger partial charge on any atom is 0.253 e. The Morgan fingerprint density at radius 3 is 2.79 bits per heavy atom. The van der Waals surface area contributed by atoms with Crippen molar-refractivity contribution in [1.82, 2.24) is 20.1 Å². The Bertz CT molecular complexity index is 1140. The second kappa shape index (κ2) is 11.0. The number of furan rings is 1. The largest absolute Gasteiger partial charge is 0.467 e. The number of rotatable bonds is 8. The van der Waals surface area contributed by atoms with Gasteiger partial charge in [0.25, 0.3) is 5.56 Å². The van der Waals surface area contributed by atoms with E-state index in [9.17, 15) is 4.79 Å². The highest BCUT2D eigenvalue weighted by atomic mass is 32.1. The standard InChI is InChI=1S/C25H32N4O3S/c1-18-13-19(2)22-15-20(24(30)27-23(22)14-18)16-29(17-21-5-3-10-32-21)25(33)26-6-4-7-28-8-11-31-12-9-28/h3,5,10,13-15H,4,6-9,11-12,16-17H2,1-2H3,(H,26,33)(H,27,30). The zero-order valence-corrected chi connectivity index (χ0v) is 20.2. The van der Waals surface area contributed by atoms with E-state index in [0.29, 0.717) is 23.8 Å². The van der Waals surface area contributed by atoms with Gasteiger partial charge in [-0.2, -0.15) is 0 Å². The Balaban J connectivity index is 1.45. The average Bonchev–Trinajstić information content (AvgIpc) is 3.31. The molecule has 176 valence electrons. The molecule has 1 aliphatic heterocycles. The molecule has 3 heterocycles. The summed E-state index contributed by atoms with van der Waals surface area (Å²) in [5.41, 5.74) is 3.72. The number of ether oxygens (including phenoxy) is 1. The number of aryl methyl sites for hydroxylation is 2. The number of morpholine rings is 1. The van der Waals surface area contributed by atoms with Crippen LogP contribution in [0.3, 0.4) is 0 Å². The van der Waals surface area contributed by atoms with Crippen LogP contribution in [0.25, 0.3) is 10.9 Å². The lowest BCUT2D eigenvalue weighted by Crippen LogP contribution is -2.42. The zero-order valence-electron chi connectivity index (χ0n) is 19.4. The predicted octanol–water partition coefficient (Wildman–Crippen LogP) is 3.34. The van der Waals surface area contributed by atoms with Gasteiger partial charge in [0, 0.05) is 36.1 Å². The van der Waals surface area contributed by atoms with Gasteiger partial charge >= 0.3 is 0 Å². The third-order valence-corrected chi connectivity index (χ3v) is 6.40. The molecule has 0 atom stereocenters. The van der Waals surface area contributed by atoms with Crippen LogP contribution in [0.4, 0.5) is 0 Å². The fourth-order valence-electron chi connectivity index (χ4n) is 4.26. The van der Waals surface area contributed by atoms with Crippen molar-refractivity contribution in [3.8, 4) is 0 Å². The first kappa shape index (κ1) is 23.5. The van der Waals surface area contributed by atoms with Crippen LogP contribution in [0, 0.1) is 13.8 Å². The number of nitrogens with zero attached hydrogens (tertiary/aromatic N) is 2. The van der Waals surface area contributed by atoms with Crippen molar-refractivity contribution in [2.24, 2.45) is 0 Å². The number of hydrogen-bond donors (Lipinski definition) is 2. The van der Waals surface area contributed by atoms with E-state index in [4.69, 9.17) is 21.4 Å². The normalized spacial score (nSPS) is 14.5. The summed E-state index contributed by atoms with van der Waals surface area (Å²) in [6.07, 6.45) is 2.64. The third-order valence-electron chi connectivity index (χ3n) is 6.00. The highest BCUT2D eigenvalue weighted by Crippen LogP contribution is 2.19. The summed E-state index contributed by atoms with van der Waals surface area (Å²) >= 11 is 5.73. The molecule has 4 rings (SSSR count). The lowest BCUT2D eigenvalue weighted by Gasteiger charge is -2.27. The Hall–Kier alpha value is -2.68. The molecule has 1 aliphatic rings. The molecule has 0 bridgehead atoms. The molecular weight excluding hydrogens is 436 g/mol. The molecule has 8 heteroatoms. The lowest BCUT2D eigenvalue weighted by atomic mass is 10.0. The Labute approximate surface area is 199 Å². The van der Waals surface area contributed by atoms with Crippen LogP contribution in [0.1, 0.15) is 28.9 Å². The van der Waals surface area contributed by atoms with E-state index in [-0.39, 0.29) is 5.56 Å². The summed E-state index contributed by atoms with van der Waals surface area (Å²) in [5, 5.41) is 5.05. The predicted molar refractivity (Wildman–Crippen MR) is 134 cm³/mol. The number of thiocarbonyl (C=S) groups is 1. The number of H-pyrrole nitrogens is 1. The van der Waals surface area contributed by atoms with E-state index in [1.54, 1.807) is 6.26 Å². The summed E-state index contributed by atoms with van der Waals surface area (Å²) in [7, 11) is 0. The minimum Gasteiger partial charge on any atom is -0.467 e. The second-order valence-electron chi connectivity index (χ2n) is 8.64. The van der Waals surface area contributed by atoms with Crippen molar-refractivity contribution in [2.45, 2.75) is 33.4 Å². The molecule has 0 radical (unpaired) electrons. The molecule has 1 saturated heterocycles. The smallest absolute Gasteiger partial charge is 0.253 e. The monoisotopic (exact) mass is 468 g/mol. The first-order chi connectivity index (χ1) is 16.0. The van der Waals surface area contributed by atoms with Gasteiger partial charge in [-0.1, -0.05) is 6.07 Å². The number of aromatic nitrogens is 1. The number of hydrogen-bond acceptors (Lipinski definition) is 5. The molecule has 2 N–H and O–H groups in total. The highest BCUT2D eigenvalue weighted by molar-refractivity contribution is 7.80. The van der Waals surface area contributed by atoms with Crippen molar-refractivity contribution in [3.05, 3.63) is 69.4 Å². The van der Waals surface area contributed by atoms with Crippen molar-refractivity contribution in [1.29, 1.82) is 0 Å². The Kier molecular flexibility index (Phi) is 7.80. The van der Waals surface area contributed by atoms with E-state index >= 15 is 0 Å². The van der Waals surface area contributed by atoms with Crippen LogP contribution in [0.2, 0.25) is 0 Å². The van der Waals surface area contributed by atoms with Gasteiger partial charge < -0.3 is 24.4 Å². The summed E-state index contributed by atoms with van der Waals surface area (Å²) in [6, 6.07) is 9.91. The highest BCUT2D eigenvalue weighted by Gasteiger charge is 2.16. The molecule has 2 aromatic heterocycles. The minimum absolute atomic E-state index is 0.0907. The number of nitrogens with one attached hydrogen (secondary N) is 2. The van der Waals surface area contributed by atoms with Gasteiger partial charge in [-0.3, -0.25) is 9.69 Å².